The van der Waals surface area contributed by atoms with E-state index in [1.54, 1.807) is 28.8 Å². The maximum absolute atomic E-state index is 13.5. The fourth-order valence-corrected chi connectivity index (χ4v) is 5.55. The molecule has 5 rings (SSSR count). The first-order valence-electron chi connectivity index (χ1n) is 13.6. The predicted molar refractivity (Wildman–Crippen MR) is 166 cm³/mol. The van der Waals surface area contributed by atoms with Crippen molar-refractivity contribution in [1.82, 2.24) is 5.43 Å². The van der Waals surface area contributed by atoms with Crippen molar-refractivity contribution in [1.29, 1.82) is 0 Å². The van der Waals surface area contributed by atoms with E-state index >= 15 is 0 Å². The van der Waals surface area contributed by atoms with Crippen LogP contribution < -0.4 is 15.6 Å². The van der Waals surface area contributed by atoms with Crippen molar-refractivity contribution in [2.24, 2.45) is 5.10 Å². The van der Waals surface area contributed by atoms with Crippen LogP contribution in [0.4, 0.5) is 20.6 Å². The van der Waals surface area contributed by atoms with Gasteiger partial charge in [-0.1, -0.05) is 42.5 Å². The van der Waals surface area contributed by atoms with Crippen molar-refractivity contribution in [2.75, 3.05) is 29.6 Å². The van der Waals surface area contributed by atoms with Crippen LogP contribution in [0.3, 0.4) is 0 Å². The van der Waals surface area contributed by atoms with Crippen LogP contribution in [-0.2, 0) is 22.4 Å². The number of nitrogens with one attached hydrogen (secondary N) is 2. The van der Waals surface area contributed by atoms with Crippen LogP contribution in [0.15, 0.2) is 107 Å². The lowest BCUT2D eigenvalue weighted by atomic mass is 10.1. The fourth-order valence-electron chi connectivity index (χ4n) is 4.61. The van der Waals surface area contributed by atoms with Crippen LogP contribution in [0.25, 0.3) is 0 Å². The molecule has 2 N–H and O–H groups in total. The van der Waals surface area contributed by atoms with E-state index in [1.165, 1.54) is 31.4 Å². The minimum Gasteiger partial charge on any atom is -0.465 e. The smallest absolute Gasteiger partial charge is 0.339 e. The first-order chi connectivity index (χ1) is 20.9. The second kappa shape index (κ2) is 13.8. The van der Waals surface area contributed by atoms with Crippen LogP contribution in [-0.4, -0.2) is 43.0 Å². The van der Waals surface area contributed by atoms with E-state index in [4.69, 9.17) is 4.74 Å². The van der Waals surface area contributed by atoms with Gasteiger partial charge >= 0.3 is 12.0 Å². The monoisotopic (exact) mass is 596 g/mol. The van der Waals surface area contributed by atoms with E-state index < -0.39 is 11.8 Å². The van der Waals surface area contributed by atoms with Gasteiger partial charge in [0.15, 0.2) is 5.71 Å². The van der Waals surface area contributed by atoms with Gasteiger partial charge in [-0.25, -0.2) is 19.4 Å². The molecule has 8 nitrogen and oxygen atoms in total. The van der Waals surface area contributed by atoms with Gasteiger partial charge in [0.05, 0.1) is 18.4 Å². The number of fused-ring (bicyclic) bond motifs is 1. The number of esters is 1. The van der Waals surface area contributed by atoms with Crippen molar-refractivity contribution < 1.29 is 23.5 Å². The molecule has 218 valence electrons. The number of benzene rings is 4. The summed E-state index contributed by atoms with van der Waals surface area (Å²) in [6.07, 6.45) is 1.43. The molecule has 0 saturated heterocycles. The molecular weight excluding hydrogens is 567 g/mol. The van der Waals surface area contributed by atoms with Gasteiger partial charge in [-0.05, 0) is 78.6 Å². The number of halogens is 1. The lowest BCUT2D eigenvalue weighted by Gasteiger charge is -2.17. The molecule has 0 spiro atoms. The number of hydrazone groups is 1. The van der Waals surface area contributed by atoms with E-state index in [2.05, 4.69) is 15.8 Å². The summed E-state index contributed by atoms with van der Waals surface area (Å²) < 4.78 is 18.0. The number of aryl methyl sites for hydroxylation is 1. The lowest BCUT2D eigenvalue weighted by molar-refractivity contribution is -0.112. The van der Waals surface area contributed by atoms with Crippen LogP contribution in [0, 0.1) is 5.82 Å². The van der Waals surface area contributed by atoms with E-state index in [1.807, 2.05) is 60.7 Å². The molecular formula is C33H29FN4O4S. The maximum atomic E-state index is 13.5. The van der Waals surface area contributed by atoms with Gasteiger partial charge in [-0.2, -0.15) is 5.10 Å². The summed E-state index contributed by atoms with van der Waals surface area (Å²) >= 11 is 1.63. The molecule has 4 aromatic carbocycles. The number of carbonyl (C=O) groups excluding carboxylic acids is 3. The average Bonchev–Trinajstić information content (AvgIpc) is 3.29. The number of urea groups is 1. The zero-order chi connectivity index (χ0) is 30.2. The van der Waals surface area contributed by atoms with Gasteiger partial charge in [-0.3, -0.25) is 4.79 Å². The van der Waals surface area contributed by atoms with Crippen LogP contribution >= 0.6 is 11.8 Å². The number of ether oxygens (including phenoxy) is 1. The Morgan fingerprint density at radius 1 is 0.907 bits per heavy atom. The maximum Gasteiger partial charge on any atom is 0.339 e. The van der Waals surface area contributed by atoms with Crippen molar-refractivity contribution in [3.05, 3.63) is 125 Å². The van der Waals surface area contributed by atoms with Crippen molar-refractivity contribution >= 4 is 46.8 Å². The molecule has 10 heteroatoms. The summed E-state index contributed by atoms with van der Waals surface area (Å²) in [5.74, 6) is -0.320. The Morgan fingerprint density at radius 2 is 1.63 bits per heavy atom. The van der Waals surface area contributed by atoms with Gasteiger partial charge in [0, 0.05) is 28.4 Å². The van der Waals surface area contributed by atoms with E-state index in [0.717, 1.165) is 33.9 Å². The Bertz CT molecular complexity index is 1640. The second-order valence-corrected chi connectivity index (χ2v) is 10.9. The highest BCUT2D eigenvalue weighted by molar-refractivity contribution is 7.99. The quantitative estimate of drug-likeness (QED) is 0.132. The largest absolute Gasteiger partial charge is 0.465 e. The third-order valence-corrected chi connectivity index (χ3v) is 7.83. The normalized spacial score (nSPS) is 13.1. The zero-order valence-corrected chi connectivity index (χ0v) is 24.2. The van der Waals surface area contributed by atoms with Gasteiger partial charge in [0.2, 0.25) is 0 Å². The van der Waals surface area contributed by atoms with E-state index in [-0.39, 0.29) is 17.6 Å². The molecule has 0 atom stereocenters. The minimum absolute atomic E-state index is 0.137. The van der Waals surface area contributed by atoms with Gasteiger partial charge in [0.1, 0.15) is 5.82 Å². The number of anilines is 2. The number of carbonyl (C=O) groups is 3. The molecule has 0 saturated carbocycles. The molecule has 43 heavy (non-hydrogen) atoms. The molecule has 1 aliphatic rings. The van der Waals surface area contributed by atoms with Crippen molar-refractivity contribution in [3.8, 4) is 0 Å². The number of rotatable bonds is 10. The minimum atomic E-state index is -0.653. The zero-order valence-electron chi connectivity index (χ0n) is 23.4. The molecule has 0 aromatic heterocycles. The van der Waals surface area contributed by atoms with Crippen LogP contribution in [0.2, 0.25) is 0 Å². The average molecular weight is 597 g/mol. The Morgan fingerprint density at radius 3 is 2.35 bits per heavy atom. The van der Waals surface area contributed by atoms with Gasteiger partial charge in [-0.15, -0.1) is 11.8 Å². The van der Waals surface area contributed by atoms with Crippen molar-refractivity contribution in [3.63, 3.8) is 0 Å². The number of nitrogens with zero attached hydrogens (tertiary/aromatic N) is 2. The highest BCUT2D eigenvalue weighted by Gasteiger charge is 2.34. The summed E-state index contributed by atoms with van der Waals surface area (Å²) in [5.41, 5.74) is 6.99. The highest BCUT2D eigenvalue weighted by Crippen LogP contribution is 2.33. The number of methoxy groups -OCH3 is 1. The lowest BCUT2D eigenvalue weighted by Crippen LogP contribution is -2.34. The molecule has 0 aliphatic carbocycles. The third kappa shape index (κ3) is 7.47. The van der Waals surface area contributed by atoms with Crippen LogP contribution in [0.5, 0.6) is 0 Å². The van der Waals surface area contributed by atoms with Crippen molar-refractivity contribution in [2.45, 2.75) is 17.7 Å². The molecule has 0 unspecified atom stereocenters. The number of hydrogen-bond acceptors (Lipinski definition) is 6. The Hall–Kier alpha value is -4.96. The first-order valence-corrected chi connectivity index (χ1v) is 14.6. The fraction of sp³-hybridized carbons (Fsp3) is 0.152. The number of thioether (sulfide) groups is 1. The second-order valence-electron chi connectivity index (χ2n) is 9.69. The van der Waals surface area contributed by atoms with Gasteiger partial charge < -0.3 is 15.0 Å². The molecule has 1 aliphatic heterocycles. The summed E-state index contributed by atoms with van der Waals surface area (Å²) in [6, 6.07) is 27.7. The van der Waals surface area contributed by atoms with Gasteiger partial charge in [0.25, 0.3) is 5.91 Å². The Labute approximate surface area is 252 Å². The standard InChI is InChI=1S/C33H29FN4O4S/c1-42-32(40)24-9-7-23(8-10-24)18-20-43-27-15-16-29-28(21-27)30(31(39)38(29)19-17-22-5-3-2-4-6-22)36-37-33(41)35-26-13-11-25(34)12-14-26/h2-16,21H,17-20H2,1H3,(H2,35,37,41)/b36-30-. The molecule has 4 aromatic rings. The highest BCUT2D eigenvalue weighted by atomic mass is 32.2. The summed E-state index contributed by atoms with van der Waals surface area (Å²) in [5, 5.41) is 6.78. The molecule has 1 heterocycles. The number of hydrogen-bond donors (Lipinski definition) is 2. The Balaban J connectivity index is 1.30. The topological polar surface area (TPSA) is 100 Å². The molecule has 0 radical (unpaired) electrons. The number of amides is 3. The van der Waals surface area contributed by atoms with E-state index in [9.17, 15) is 18.8 Å². The van der Waals surface area contributed by atoms with E-state index in [0.29, 0.717) is 29.8 Å². The molecule has 0 bridgehead atoms. The summed E-state index contributed by atoms with van der Waals surface area (Å²) in [6.45, 7) is 0.449. The predicted octanol–water partition coefficient (Wildman–Crippen LogP) is 6.06. The van der Waals surface area contributed by atoms with Crippen LogP contribution in [0.1, 0.15) is 27.0 Å². The Kier molecular flexibility index (Phi) is 9.48. The third-order valence-electron chi connectivity index (χ3n) is 6.83. The first kappa shape index (κ1) is 29.5. The molecule has 0 fully saturated rings. The summed E-state index contributed by atoms with van der Waals surface area (Å²) in [4.78, 5) is 40.4. The SMILES string of the molecule is COC(=O)c1ccc(CCSc2ccc3c(c2)/C(=N/NC(=O)Nc2ccc(F)cc2)C(=O)N3CCc2ccccc2)cc1. The molecule has 3 amide bonds. The summed E-state index contributed by atoms with van der Waals surface area (Å²) in [7, 11) is 1.36.